The molecular weight excluding hydrogens is 663 g/mol. The molecular formula is C32H50F6N4O3SSi. The summed E-state index contributed by atoms with van der Waals surface area (Å²) in [5.41, 5.74) is -0.522. The molecule has 3 rings (SSSR count). The highest BCUT2D eigenvalue weighted by molar-refractivity contribution is 7.84. The first-order valence-electron chi connectivity index (χ1n) is 16.0. The fraction of sp³-hybridized carbons (Fsp3) is 0.750. The van der Waals surface area contributed by atoms with Gasteiger partial charge in [0.2, 0.25) is 5.91 Å². The Bertz CT molecular complexity index is 1410. The van der Waals surface area contributed by atoms with E-state index in [1.54, 1.807) is 43.5 Å². The van der Waals surface area contributed by atoms with Gasteiger partial charge in [-0.25, -0.2) is 13.9 Å². The van der Waals surface area contributed by atoms with Crippen LogP contribution in [-0.4, -0.2) is 51.4 Å². The Morgan fingerprint density at radius 2 is 1.70 bits per heavy atom. The van der Waals surface area contributed by atoms with E-state index in [1.807, 2.05) is 0 Å². The topological polar surface area (TPSA) is 85.3 Å². The van der Waals surface area contributed by atoms with Crippen LogP contribution in [0.4, 0.5) is 26.3 Å². The van der Waals surface area contributed by atoms with Crippen molar-refractivity contribution in [1.29, 1.82) is 0 Å². The number of hydrogen-bond donors (Lipinski definition) is 2. The molecule has 0 saturated heterocycles. The number of hydrogen-bond acceptors (Lipinski definition) is 4. The number of carbonyl (C=O) groups excluding carboxylic acids is 1. The van der Waals surface area contributed by atoms with Gasteiger partial charge in [0.25, 0.3) is 0 Å². The van der Waals surface area contributed by atoms with E-state index in [4.69, 9.17) is 9.72 Å². The highest BCUT2D eigenvalue weighted by Gasteiger charge is 2.49. The van der Waals surface area contributed by atoms with Crippen LogP contribution in [-0.2, 0) is 27.2 Å². The van der Waals surface area contributed by atoms with E-state index in [1.165, 1.54) is 0 Å². The molecule has 2 N–H and O–H groups in total. The third-order valence-corrected chi connectivity index (χ3v) is 11.8. The second-order valence-electron chi connectivity index (χ2n) is 15.7. The molecule has 268 valence electrons. The van der Waals surface area contributed by atoms with Crippen molar-refractivity contribution >= 4 is 36.0 Å². The molecule has 1 aromatic heterocycles. The largest absolute Gasteiger partial charge is 0.394 e. The molecule has 47 heavy (non-hydrogen) atoms. The van der Waals surface area contributed by atoms with Crippen LogP contribution < -0.4 is 10.0 Å². The number of nitrogens with one attached hydrogen (secondary N) is 2. The molecule has 0 bridgehead atoms. The number of halogens is 6. The van der Waals surface area contributed by atoms with Gasteiger partial charge in [-0.3, -0.25) is 4.79 Å². The minimum absolute atomic E-state index is 0.000555. The second kappa shape index (κ2) is 14.5. The second-order valence-corrected chi connectivity index (χ2v) is 23.3. The molecule has 2 aromatic rings. The lowest BCUT2D eigenvalue weighted by molar-refractivity contribution is -0.215. The number of rotatable bonds is 15. The summed E-state index contributed by atoms with van der Waals surface area (Å²) < 4.78 is 105. The lowest BCUT2D eigenvalue weighted by Gasteiger charge is -2.33. The van der Waals surface area contributed by atoms with Crippen molar-refractivity contribution in [3.8, 4) is 0 Å². The SMILES string of the molecule is CC(CC(=O)N[C@@H](c1ccc2c(c1)nc([C@H](CC(C)(C)C(F)(F)F)N[S@](=O)C(C)(C)C)n2COCC[Si](C)(C)C)C1CC1)C(F)(F)F. The van der Waals surface area contributed by atoms with Gasteiger partial charge in [0.1, 0.15) is 12.6 Å². The smallest absolute Gasteiger partial charge is 0.361 e. The number of nitrogens with zero attached hydrogens (tertiary/aromatic N) is 2. The first kappa shape index (κ1) is 39.5. The molecule has 0 radical (unpaired) electrons. The van der Waals surface area contributed by atoms with E-state index in [0.717, 1.165) is 39.7 Å². The maximum Gasteiger partial charge on any atom is 0.394 e. The lowest BCUT2D eigenvalue weighted by Crippen LogP contribution is -2.41. The van der Waals surface area contributed by atoms with Gasteiger partial charge in [0.15, 0.2) is 0 Å². The monoisotopic (exact) mass is 712 g/mol. The zero-order valence-electron chi connectivity index (χ0n) is 28.8. The number of aromatic nitrogens is 2. The number of alkyl halides is 6. The fourth-order valence-electron chi connectivity index (χ4n) is 4.94. The van der Waals surface area contributed by atoms with E-state index < -0.39 is 78.3 Å². The number of ether oxygens (including phenoxy) is 1. The summed E-state index contributed by atoms with van der Waals surface area (Å²) in [5.74, 6) is -2.24. The van der Waals surface area contributed by atoms with E-state index in [-0.39, 0.29) is 18.5 Å². The Morgan fingerprint density at radius 1 is 1.09 bits per heavy atom. The maximum absolute atomic E-state index is 14.2. The molecule has 7 nitrogen and oxygen atoms in total. The molecule has 0 spiro atoms. The summed E-state index contributed by atoms with van der Waals surface area (Å²) in [6.07, 6.45) is -8.61. The van der Waals surface area contributed by atoms with E-state index >= 15 is 0 Å². The quantitative estimate of drug-likeness (QED) is 0.110. The average Bonchev–Trinajstić information content (AvgIpc) is 3.67. The highest BCUT2D eigenvalue weighted by Crippen LogP contribution is 2.45. The molecule has 15 heteroatoms. The van der Waals surface area contributed by atoms with E-state index in [9.17, 15) is 35.3 Å². The van der Waals surface area contributed by atoms with Crippen molar-refractivity contribution in [2.75, 3.05) is 6.61 Å². The highest BCUT2D eigenvalue weighted by atomic mass is 32.2. The van der Waals surface area contributed by atoms with Crippen molar-refractivity contribution in [2.24, 2.45) is 17.3 Å². The molecule has 1 aliphatic carbocycles. The van der Waals surface area contributed by atoms with Gasteiger partial charge in [0.05, 0.1) is 50.2 Å². The van der Waals surface area contributed by atoms with Crippen LogP contribution in [0.1, 0.15) is 90.7 Å². The number of fused-ring (bicyclic) bond motifs is 1. The summed E-state index contributed by atoms with van der Waals surface area (Å²) >= 11 is 0. The number of benzene rings is 1. The van der Waals surface area contributed by atoms with Gasteiger partial charge < -0.3 is 14.6 Å². The minimum Gasteiger partial charge on any atom is -0.361 e. The number of carbonyl (C=O) groups is 1. The average molecular weight is 713 g/mol. The summed E-state index contributed by atoms with van der Waals surface area (Å²) in [5, 5.41) is 2.78. The van der Waals surface area contributed by atoms with Gasteiger partial charge in [-0.1, -0.05) is 46.5 Å². The Balaban J connectivity index is 2.08. The van der Waals surface area contributed by atoms with Crippen molar-refractivity contribution in [2.45, 2.75) is 129 Å². The Morgan fingerprint density at radius 3 is 2.21 bits per heavy atom. The van der Waals surface area contributed by atoms with Crippen molar-refractivity contribution in [1.82, 2.24) is 19.6 Å². The predicted molar refractivity (Wildman–Crippen MR) is 176 cm³/mol. The molecule has 1 fully saturated rings. The summed E-state index contributed by atoms with van der Waals surface area (Å²) in [6, 6.07) is 4.48. The number of amides is 1. The molecule has 1 unspecified atom stereocenters. The van der Waals surface area contributed by atoms with Crippen LogP contribution in [0.3, 0.4) is 0 Å². The van der Waals surface area contributed by atoms with E-state index in [2.05, 4.69) is 29.7 Å². The predicted octanol–water partition coefficient (Wildman–Crippen LogP) is 8.58. The zero-order chi connectivity index (χ0) is 35.8. The molecule has 1 amide bonds. The van der Waals surface area contributed by atoms with Crippen molar-refractivity contribution < 1.29 is 40.1 Å². The minimum atomic E-state index is -4.55. The van der Waals surface area contributed by atoms with Gasteiger partial charge >= 0.3 is 12.4 Å². The van der Waals surface area contributed by atoms with Gasteiger partial charge in [-0.05, 0) is 69.7 Å². The molecule has 0 aliphatic heterocycles. The van der Waals surface area contributed by atoms with Crippen LogP contribution >= 0.6 is 0 Å². The first-order chi connectivity index (χ1) is 21.3. The van der Waals surface area contributed by atoms with Crippen molar-refractivity contribution in [3.63, 3.8) is 0 Å². The summed E-state index contributed by atoms with van der Waals surface area (Å²) in [4.78, 5) is 17.5. The van der Waals surface area contributed by atoms with E-state index in [0.29, 0.717) is 23.2 Å². The van der Waals surface area contributed by atoms with Gasteiger partial charge in [0, 0.05) is 21.1 Å². The third-order valence-electron chi connectivity index (χ3n) is 8.44. The lowest BCUT2D eigenvalue weighted by atomic mass is 9.85. The number of imidazole rings is 1. The summed E-state index contributed by atoms with van der Waals surface area (Å²) in [6.45, 7) is 15.4. The first-order valence-corrected chi connectivity index (χ1v) is 20.8. The Kier molecular flexibility index (Phi) is 12.2. The summed E-state index contributed by atoms with van der Waals surface area (Å²) in [7, 11) is -3.19. The normalized spacial score (nSPS) is 17.9. The zero-order valence-corrected chi connectivity index (χ0v) is 30.6. The fourth-order valence-corrected chi connectivity index (χ4v) is 6.50. The van der Waals surface area contributed by atoms with Crippen LogP contribution in [0.2, 0.25) is 25.7 Å². The Labute approximate surface area is 277 Å². The van der Waals surface area contributed by atoms with Crippen LogP contribution in [0.5, 0.6) is 0 Å². The molecule has 1 aromatic carbocycles. The van der Waals surface area contributed by atoms with Crippen molar-refractivity contribution in [3.05, 3.63) is 29.6 Å². The van der Waals surface area contributed by atoms with Crippen LogP contribution in [0.15, 0.2) is 18.2 Å². The van der Waals surface area contributed by atoms with Gasteiger partial charge in [-0.15, -0.1) is 0 Å². The maximum atomic E-state index is 14.2. The molecule has 1 heterocycles. The Hall–Kier alpha value is -1.97. The standard InChI is InChI=1S/C32H50F6N4O3SSi/c1-20(31(33,34)35)16-26(43)40-27(21-10-11-21)22-12-13-25-23(17-22)39-28(42(25)19-45-14-15-47(7,8)9)24(41-46(44)29(2,3)4)18-30(5,6)32(36,37)38/h12-13,17,20-21,24,27,41H,10-11,14-16,18-19H2,1-9H3,(H,40,43)/t20?,24-,27+,46+/m0/s1. The van der Waals surface area contributed by atoms with Crippen LogP contribution in [0.25, 0.3) is 11.0 Å². The third kappa shape index (κ3) is 11.0. The van der Waals surface area contributed by atoms with Crippen LogP contribution in [0, 0.1) is 17.3 Å². The molecule has 4 atom stereocenters. The molecule has 1 aliphatic rings. The van der Waals surface area contributed by atoms with Gasteiger partial charge in [-0.2, -0.15) is 26.3 Å². The molecule has 1 saturated carbocycles.